The predicted molar refractivity (Wildman–Crippen MR) is 83.4 cm³/mol. The number of halogens is 2. The average molecular weight is 359 g/mol. The van der Waals surface area contributed by atoms with Crippen molar-refractivity contribution in [2.75, 3.05) is 13.1 Å². The first-order valence-corrected chi connectivity index (χ1v) is 8.18. The lowest BCUT2D eigenvalue weighted by Gasteiger charge is -2.18. The minimum absolute atomic E-state index is 0.0318. The fourth-order valence-electron chi connectivity index (χ4n) is 2.21. The Morgan fingerprint density at radius 2 is 2.26 bits per heavy atom. The Bertz CT molecular complexity index is 587. The number of benzene rings is 1. The van der Waals surface area contributed by atoms with Crippen LogP contribution in [0.2, 0.25) is 5.02 Å². The van der Waals surface area contributed by atoms with E-state index < -0.39 is 0 Å². The molecule has 1 aromatic carbocycles. The summed E-state index contributed by atoms with van der Waals surface area (Å²) in [5.74, 6) is 0.726. The molecule has 0 radical (unpaired) electrons. The van der Waals surface area contributed by atoms with E-state index >= 15 is 0 Å². The third-order valence-corrected chi connectivity index (χ3v) is 5.49. The van der Waals surface area contributed by atoms with E-state index in [0.29, 0.717) is 5.02 Å². The van der Waals surface area contributed by atoms with Crippen molar-refractivity contribution in [2.24, 2.45) is 0 Å². The molecule has 0 saturated carbocycles. The number of rotatable bonds is 2. The van der Waals surface area contributed by atoms with Crippen molar-refractivity contribution in [2.45, 2.75) is 12.5 Å². The highest BCUT2D eigenvalue weighted by atomic mass is 79.9. The van der Waals surface area contributed by atoms with Crippen LogP contribution < -0.4 is 10.1 Å². The second-order valence-corrected chi connectivity index (χ2v) is 6.60. The maximum atomic E-state index is 6.27. The summed E-state index contributed by atoms with van der Waals surface area (Å²) in [4.78, 5) is 1.31. The van der Waals surface area contributed by atoms with Gasteiger partial charge in [-0.2, -0.15) is 0 Å². The van der Waals surface area contributed by atoms with Crippen LogP contribution in [0.1, 0.15) is 16.5 Å². The summed E-state index contributed by atoms with van der Waals surface area (Å²) in [6.07, 6.45) is 1.09. The predicted octanol–water partition coefficient (Wildman–Crippen LogP) is 4.43. The Morgan fingerprint density at radius 3 is 3.16 bits per heavy atom. The van der Waals surface area contributed by atoms with Gasteiger partial charge in [-0.3, -0.25) is 0 Å². The number of ether oxygens (including phenoxy) is 1. The molecule has 1 N–H and O–H groups in total. The molecule has 1 aliphatic heterocycles. The molecular formula is C14H13BrClNOS. The topological polar surface area (TPSA) is 21.3 Å². The van der Waals surface area contributed by atoms with Crippen LogP contribution in [0.3, 0.4) is 0 Å². The van der Waals surface area contributed by atoms with Gasteiger partial charge in [0.15, 0.2) is 0 Å². The normalized spacial score (nSPS) is 18.7. The van der Waals surface area contributed by atoms with Crippen molar-refractivity contribution in [3.05, 3.63) is 49.6 Å². The van der Waals surface area contributed by atoms with E-state index in [0.717, 1.165) is 29.7 Å². The Morgan fingerprint density at radius 1 is 1.37 bits per heavy atom. The fraction of sp³-hybridized carbons (Fsp3) is 0.286. The zero-order valence-electron chi connectivity index (χ0n) is 10.2. The van der Waals surface area contributed by atoms with Crippen LogP contribution >= 0.6 is 38.9 Å². The fourth-order valence-corrected chi connectivity index (χ4v) is 3.71. The van der Waals surface area contributed by atoms with Gasteiger partial charge < -0.3 is 10.1 Å². The monoisotopic (exact) mass is 357 g/mol. The molecule has 5 heteroatoms. The largest absolute Gasteiger partial charge is 0.482 e. The van der Waals surface area contributed by atoms with Crippen LogP contribution in [-0.4, -0.2) is 13.1 Å². The molecule has 0 fully saturated rings. The molecule has 1 unspecified atom stereocenters. The van der Waals surface area contributed by atoms with Crippen molar-refractivity contribution >= 4 is 38.9 Å². The number of fused-ring (bicyclic) bond motifs is 1. The Kier molecular flexibility index (Phi) is 4.12. The van der Waals surface area contributed by atoms with Gasteiger partial charge in [-0.15, -0.1) is 11.3 Å². The lowest BCUT2D eigenvalue weighted by Crippen LogP contribution is -2.23. The molecule has 2 heterocycles. The van der Waals surface area contributed by atoms with Gasteiger partial charge in [0, 0.05) is 15.9 Å². The standard InChI is InChI=1S/C14H13BrClNOS/c15-10-2-1-3-11(13(10)16)18-12-8-17-6-4-9-5-7-19-14(9)12/h1-3,5,7,12,17H,4,6,8H2. The van der Waals surface area contributed by atoms with Gasteiger partial charge in [-0.1, -0.05) is 17.7 Å². The van der Waals surface area contributed by atoms with Crippen LogP contribution in [0.25, 0.3) is 0 Å². The van der Waals surface area contributed by atoms with E-state index in [4.69, 9.17) is 16.3 Å². The lowest BCUT2D eigenvalue weighted by atomic mass is 10.1. The molecule has 19 heavy (non-hydrogen) atoms. The molecule has 3 rings (SSSR count). The van der Waals surface area contributed by atoms with Crippen LogP contribution in [0.5, 0.6) is 5.75 Å². The highest BCUT2D eigenvalue weighted by Crippen LogP contribution is 2.36. The highest BCUT2D eigenvalue weighted by Gasteiger charge is 2.22. The summed E-state index contributed by atoms with van der Waals surface area (Å²) >= 11 is 11.4. The molecular weight excluding hydrogens is 346 g/mol. The van der Waals surface area contributed by atoms with E-state index in [9.17, 15) is 0 Å². The Labute approximate surface area is 129 Å². The minimum atomic E-state index is 0.0318. The number of hydrogen-bond donors (Lipinski definition) is 1. The van der Waals surface area contributed by atoms with Crippen LogP contribution in [0, 0.1) is 0 Å². The maximum absolute atomic E-state index is 6.27. The summed E-state index contributed by atoms with van der Waals surface area (Å²) in [5, 5.41) is 6.17. The van der Waals surface area contributed by atoms with Crippen molar-refractivity contribution in [3.63, 3.8) is 0 Å². The molecule has 0 amide bonds. The van der Waals surface area contributed by atoms with E-state index in [2.05, 4.69) is 32.7 Å². The molecule has 1 aromatic heterocycles. The van der Waals surface area contributed by atoms with Gasteiger partial charge in [0.2, 0.25) is 0 Å². The van der Waals surface area contributed by atoms with Gasteiger partial charge in [0.05, 0.1) is 5.02 Å². The zero-order valence-corrected chi connectivity index (χ0v) is 13.3. The molecule has 0 bridgehead atoms. The molecule has 100 valence electrons. The summed E-state index contributed by atoms with van der Waals surface area (Å²) < 4.78 is 6.98. The van der Waals surface area contributed by atoms with E-state index in [1.54, 1.807) is 11.3 Å². The third-order valence-electron chi connectivity index (χ3n) is 3.16. The first-order chi connectivity index (χ1) is 9.25. The van der Waals surface area contributed by atoms with Crippen LogP contribution in [0.4, 0.5) is 0 Å². The second kappa shape index (κ2) is 5.83. The molecule has 1 atom stereocenters. The third kappa shape index (κ3) is 2.82. The SMILES string of the molecule is Clc1c(Br)cccc1OC1CNCCc2ccsc21. The van der Waals surface area contributed by atoms with Gasteiger partial charge in [-0.05, 0) is 58.0 Å². The van der Waals surface area contributed by atoms with Crippen LogP contribution in [-0.2, 0) is 6.42 Å². The van der Waals surface area contributed by atoms with E-state index in [1.807, 2.05) is 18.2 Å². The van der Waals surface area contributed by atoms with Crippen molar-refractivity contribution in [3.8, 4) is 5.75 Å². The van der Waals surface area contributed by atoms with Crippen molar-refractivity contribution in [1.82, 2.24) is 5.32 Å². The van der Waals surface area contributed by atoms with Gasteiger partial charge in [0.25, 0.3) is 0 Å². The molecule has 1 aliphatic rings. The maximum Gasteiger partial charge on any atom is 0.146 e. The smallest absolute Gasteiger partial charge is 0.146 e. The van der Waals surface area contributed by atoms with E-state index in [1.165, 1.54) is 10.4 Å². The summed E-state index contributed by atoms with van der Waals surface area (Å²) in [5.41, 5.74) is 1.38. The average Bonchev–Trinajstić information content (AvgIpc) is 2.79. The zero-order chi connectivity index (χ0) is 13.2. The molecule has 0 aliphatic carbocycles. The van der Waals surface area contributed by atoms with Gasteiger partial charge >= 0.3 is 0 Å². The second-order valence-electron chi connectivity index (χ2n) is 4.42. The minimum Gasteiger partial charge on any atom is -0.482 e. The number of hydrogen-bond acceptors (Lipinski definition) is 3. The van der Waals surface area contributed by atoms with Crippen LogP contribution in [0.15, 0.2) is 34.1 Å². The quantitative estimate of drug-likeness (QED) is 0.857. The van der Waals surface area contributed by atoms with E-state index in [-0.39, 0.29) is 6.10 Å². The summed E-state index contributed by atoms with van der Waals surface area (Å²) in [6, 6.07) is 7.94. The lowest BCUT2D eigenvalue weighted by molar-refractivity contribution is 0.208. The van der Waals surface area contributed by atoms with Gasteiger partial charge in [-0.25, -0.2) is 0 Å². The van der Waals surface area contributed by atoms with Crippen molar-refractivity contribution in [1.29, 1.82) is 0 Å². The number of thiophene rings is 1. The van der Waals surface area contributed by atoms with Crippen molar-refractivity contribution < 1.29 is 4.74 Å². The van der Waals surface area contributed by atoms with Gasteiger partial charge in [0.1, 0.15) is 11.9 Å². The summed E-state index contributed by atoms with van der Waals surface area (Å²) in [7, 11) is 0. The molecule has 0 spiro atoms. The highest BCUT2D eigenvalue weighted by molar-refractivity contribution is 9.10. The molecule has 2 nitrogen and oxygen atoms in total. The number of nitrogens with one attached hydrogen (secondary N) is 1. The Balaban J connectivity index is 1.89. The molecule has 2 aromatic rings. The molecule has 0 saturated heterocycles. The first-order valence-electron chi connectivity index (χ1n) is 6.13. The Hall–Kier alpha value is -0.550. The summed E-state index contributed by atoms with van der Waals surface area (Å²) in [6.45, 7) is 1.81. The first kappa shape index (κ1) is 13.4.